The molecule has 2 aromatic rings. The second kappa shape index (κ2) is 10.6. The summed E-state index contributed by atoms with van der Waals surface area (Å²) in [6.07, 6.45) is 0.676. The molecule has 5 nitrogen and oxygen atoms in total. The molecule has 0 aromatic heterocycles. The molecule has 0 radical (unpaired) electrons. The van der Waals surface area contributed by atoms with Gasteiger partial charge in [0.2, 0.25) is 5.91 Å². The van der Waals surface area contributed by atoms with Gasteiger partial charge in [0.1, 0.15) is 11.8 Å². The summed E-state index contributed by atoms with van der Waals surface area (Å²) < 4.78 is 5.75. The Bertz CT molecular complexity index is 798. The van der Waals surface area contributed by atoms with E-state index in [1.807, 2.05) is 70.2 Å². The second-order valence-corrected chi connectivity index (χ2v) is 7.77. The van der Waals surface area contributed by atoms with E-state index in [4.69, 9.17) is 4.74 Å². The average Bonchev–Trinajstić information content (AvgIpc) is 2.66. The molecule has 5 heteroatoms. The van der Waals surface area contributed by atoms with Crippen LogP contribution in [0.5, 0.6) is 5.75 Å². The molecule has 0 saturated heterocycles. The lowest BCUT2D eigenvalue weighted by Gasteiger charge is -2.29. The van der Waals surface area contributed by atoms with Crippen LogP contribution in [0.1, 0.15) is 37.5 Å². The fourth-order valence-corrected chi connectivity index (χ4v) is 3.22. The molecule has 1 N–H and O–H groups in total. The fraction of sp³-hybridized carbons (Fsp3) is 0.417. The van der Waals surface area contributed by atoms with Crippen molar-refractivity contribution in [3.63, 3.8) is 0 Å². The maximum atomic E-state index is 13.0. The van der Waals surface area contributed by atoms with Gasteiger partial charge in [0, 0.05) is 12.6 Å². The van der Waals surface area contributed by atoms with Gasteiger partial charge in [-0.1, -0.05) is 36.4 Å². The Morgan fingerprint density at radius 1 is 1.00 bits per heavy atom. The molecule has 1 unspecified atom stereocenters. The lowest BCUT2D eigenvalue weighted by atomic mass is 10.1. The predicted octanol–water partition coefficient (Wildman–Crippen LogP) is 3.67. The van der Waals surface area contributed by atoms with Crippen molar-refractivity contribution in [2.24, 2.45) is 0 Å². The van der Waals surface area contributed by atoms with Gasteiger partial charge in [-0.3, -0.25) is 9.59 Å². The molecule has 0 saturated carbocycles. The summed E-state index contributed by atoms with van der Waals surface area (Å²) in [5, 5.41) is 2.89. The molecule has 29 heavy (non-hydrogen) atoms. The van der Waals surface area contributed by atoms with Crippen LogP contribution in [-0.4, -0.2) is 41.9 Å². The third kappa shape index (κ3) is 7.26. The van der Waals surface area contributed by atoms with Gasteiger partial charge in [0.05, 0.1) is 0 Å². The van der Waals surface area contributed by atoms with Gasteiger partial charge in [-0.2, -0.15) is 0 Å². The van der Waals surface area contributed by atoms with Gasteiger partial charge in [0.25, 0.3) is 5.91 Å². The van der Waals surface area contributed by atoms with E-state index in [9.17, 15) is 9.59 Å². The smallest absolute Gasteiger partial charge is 0.261 e. The Hall–Kier alpha value is -2.82. The molecule has 0 aliphatic carbocycles. The van der Waals surface area contributed by atoms with Crippen molar-refractivity contribution in [1.82, 2.24) is 10.2 Å². The van der Waals surface area contributed by atoms with Gasteiger partial charge in [-0.25, -0.2) is 0 Å². The van der Waals surface area contributed by atoms with Crippen LogP contribution in [0.2, 0.25) is 0 Å². The van der Waals surface area contributed by atoms with Crippen LogP contribution in [0, 0.1) is 13.8 Å². The Balaban J connectivity index is 2.09. The monoisotopic (exact) mass is 396 g/mol. The van der Waals surface area contributed by atoms with Crippen molar-refractivity contribution < 1.29 is 14.3 Å². The number of hydrogen-bond acceptors (Lipinski definition) is 3. The number of carbonyl (C=O) groups excluding carboxylic acids is 2. The summed E-state index contributed by atoms with van der Waals surface area (Å²) in [7, 11) is 0. The van der Waals surface area contributed by atoms with E-state index >= 15 is 0 Å². The number of carbonyl (C=O) groups is 2. The van der Waals surface area contributed by atoms with Crippen molar-refractivity contribution in [3.8, 4) is 5.75 Å². The molecule has 2 rings (SSSR count). The highest BCUT2D eigenvalue weighted by Crippen LogP contribution is 2.16. The minimum absolute atomic E-state index is 0.0162. The molecule has 0 fully saturated rings. The SMILES string of the molecule is Cc1cc(C)cc(OCC(=O)N(CCc2ccccc2)C(C)C(=O)NC(C)C)c1. The lowest BCUT2D eigenvalue weighted by Crippen LogP contribution is -2.51. The van der Waals surface area contributed by atoms with Crippen molar-refractivity contribution in [1.29, 1.82) is 0 Å². The van der Waals surface area contributed by atoms with Crippen LogP contribution in [0.4, 0.5) is 0 Å². The molecule has 0 aliphatic heterocycles. The van der Waals surface area contributed by atoms with Crippen LogP contribution in [0.3, 0.4) is 0 Å². The first-order valence-corrected chi connectivity index (χ1v) is 10.1. The van der Waals surface area contributed by atoms with Crippen LogP contribution in [0.15, 0.2) is 48.5 Å². The van der Waals surface area contributed by atoms with E-state index in [2.05, 4.69) is 11.4 Å². The maximum absolute atomic E-state index is 13.0. The molecular weight excluding hydrogens is 364 g/mol. The molecule has 0 heterocycles. The number of nitrogens with zero attached hydrogens (tertiary/aromatic N) is 1. The van der Waals surface area contributed by atoms with Gasteiger partial charge in [-0.05, 0) is 69.9 Å². The highest BCUT2D eigenvalue weighted by Gasteiger charge is 2.26. The van der Waals surface area contributed by atoms with Crippen LogP contribution >= 0.6 is 0 Å². The van der Waals surface area contributed by atoms with E-state index in [1.54, 1.807) is 11.8 Å². The normalized spacial score (nSPS) is 11.8. The maximum Gasteiger partial charge on any atom is 0.261 e. The highest BCUT2D eigenvalue weighted by atomic mass is 16.5. The Morgan fingerprint density at radius 2 is 1.62 bits per heavy atom. The quantitative estimate of drug-likeness (QED) is 0.704. The highest BCUT2D eigenvalue weighted by molar-refractivity contribution is 5.88. The number of amides is 2. The van der Waals surface area contributed by atoms with Crippen LogP contribution < -0.4 is 10.1 Å². The number of ether oxygens (including phenoxy) is 1. The summed E-state index contributed by atoms with van der Waals surface area (Å²) >= 11 is 0. The lowest BCUT2D eigenvalue weighted by molar-refractivity contribution is -0.141. The molecule has 0 bridgehead atoms. The summed E-state index contributed by atoms with van der Waals surface area (Å²) in [5.41, 5.74) is 3.29. The number of benzene rings is 2. The Morgan fingerprint density at radius 3 is 2.21 bits per heavy atom. The molecule has 0 aliphatic rings. The summed E-state index contributed by atoms with van der Waals surface area (Å²) in [4.78, 5) is 27.1. The first-order valence-electron chi connectivity index (χ1n) is 10.1. The molecule has 2 aromatic carbocycles. The minimum Gasteiger partial charge on any atom is -0.484 e. The summed E-state index contributed by atoms with van der Waals surface area (Å²) in [6.45, 7) is 9.91. The molecule has 156 valence electrons. The first-order chi connectivity index (χ1) is 13.8. The van der Waals surface area contributed by atoms with Gasteiger partial charge in [-0.15, -0.1) is 0 Å². The van der Waals surface area contributed by atoms with Gasteiger partial charge in [0.15, 0.2) is 6.61 Å². The average molecular weight is 397 g/mol. The Kier molecular flexibility index (Phi) is 8.25. The van der Waals surface area contributed by atoms with E-state index in [1.165, 1.54) is 0 Å². The number of rotatable bonds is 9. The molecule has 1 atom stereocenters. The third-order valence-corrected chi connectivity index (χ3v) is 4.64. The second-order valence-electron chi connectivity index (χ2n) is 7.77. The third-order valence-electron chi connectivity index (χ3n) is 4.64. The first kappa shape index (κ1) is 22.5. The van der Waals surface area contributed by atoms with E-state index < -0.39 is 6.04 Å². The zero-order chi connectivity index (χ0) is 21.4. The topological polar surface area (TPSA) is 58.6 Å². The number of aryl methyl sites for hydroxylation is 2. The van der Waals surface area contributed by atoms with Gasteiger partial charge < -0.3 is 15.0 Å². The molecule has 0 spiro atoms. The van der Waals surface area contributed by atoms with E-state index in [0.717, 1.165) is 16.7 Å². The molecule has 2 amide bonds. The number of nitrogens with one attached hydrogen (secondary N) is 1. The van der Waals surface area contributed by atoms with Crippen molar-refractivity contribution >= 4 is 11.8 Å². The van der Waals surface area contributed by atoms with Crippen LogP contribution in [-0.2, 0) is 16.0 Å². The van der Waals surface area contributed by atoms with Crippen molar-refractivity contribution in [2.75, 3.05) is 13.2 Å². The van der Waals surface area contributed by atoms with Crippen molar-refractivity contribution in [2.45, 2.75) is 53.1 Å². The van der Waals surface area contributed by atoms with E-state index in [-0.39, 0.29) is 24.5 Å². The summed E-state index contributed by atoms with van der Waals surface area (Å²) in [5.74, 6) is 0.303. The standard InChI is InChI=1S/C24H32N2O3/c1-17(2)25-24(28)20(5)26(12-11-21-9-7-6-8-10-21)23(27)16-29-22-14-18(3)13-19(4)15-22/h6-10,13-15,17,20H,11-12,16H2,1-5H3,(H,25,28). The fourth-order valence-electron chi connectivity index (χ4n) is 3.22. The van der Waals surface area contributed by atoms with Gasteiger partial charge >= 0.3 is 0 Å². The van der Waals surface area contributed by atoms with Crippen molar-refractivity contribution in [3.05, 3.63) is 65.2 Å². The zero-order valence-electron chi connectivity index (χ0n) is 18.1. The van der Waals surface area contributed by atoms with Crippen LogP contribution in [0.25, 0.3) is 0 Å². The Labute approximate surface area is 174 Å². The van der Waals surface area contributed by atoms with E-state index in [0.29, 0.717) is 18.7 Å². The minimum atomic E-state index is -0.573. The molecular formula is C24H32N2O3. The number of hydrogen-bond donors (Lipinski definition) is 1. The largest absolute Gasteiger partial charge is 0.484 e. The summed E-state index contributed by atoms with van der Waals surface area (Å²) in [6, 6.07) is 15.3. The predicted molar refractivity (Wildman–Crippen MR) is 116 cm³/mol. The zero-order valence-corrected chi connectivity index (χ0v) is 18.1.